The largest absolute Gasteiger partial charge is 0.505 e. The number of halogens is 5. The van der Waals surface area contributed by atoms with Gasteiger partial charge in [0.25, 0.3) is 0 Å². The zero-order chi connectivity index (χ0) is 19.6. The minimum absolute atomic E-state index is 0.0995. The van der Waals surface area contributed by atoms with Crippen molar-refractivity contribution in [3.05, 3.63) is 46.7 Å². The molecule has 0 aromatic heterocycles. The van der Waals surface area contributed by atoms with Crippen LogP contribution < -0.4 is 0 Å². The molecule has 0 aliphatic heterocycles. The van der Waals surface area contributed by atoms with Gasteiger partial charge in [-0.2, -0.15) is 27.2 Å². The molecule has 0 heterocycles. The second-order valence-corrected chi connectivity index (χ2v) is 6.31. The summed E-state index contributed by atoms with van der Waals surface area (Å²) in [4.78, 5) is 12.4. The number of hydrogen-bond acceptors (Lipinski definition) is 3. The number of nitriles is 1. The molecule has 0 spiro atoms. The van der Waals surface area contributed by atoms with E-state index in [4.69, 9.17) is 5.26 Å². The van der Waals surface area contributed by atoms with E-state index >= 15 is 0 Å². The minimum Gasteiger partial charge on any atom is -0.505 e. The fourth-order valence-corrected chi connectivity index (χ4v) is 2.17. The number of carbonyl (C=O) groups is 1. The van der Waals surface area contributed by atoms with E-state index in [2.05, 4.69) is 0 Å². The standard InChI is InChI=1S/C17H16F5NO2/c1-15(2,13(24)12(9-23)14(25)16(3,18)19)8-10-4-6-11(7-5-10)17(20,21)22/h4-7,25H,8H2,1-3H3. The Hall–Kier alpha value is -2.43. The first-order valence-electron chi connectivity index (χ1n) is 7.12. The lowest BCUT2D eigenvalue weighted by molar-refractivity contribution is -0.137. The zero-order valence-electron chi connectivity index (χ0n) is 13.7. The molecule has 0 saturated heterocycles. The number of rotatable bonds is 5. The SMILES string of the molecule is CC(F)(F)C(O)=C(C#N)C(=O)C(C)(C)Cc1ccc(C(F)(F)F)cc1. The van der Waals surface area contributed by atoms with Crippen molar-refractivity contribution in [2.45, 2.75) is 39.3 Å². The number of carbonyl (C=O) groups excluding carboxylic acids is 1. The summed E-state index contributed by atoms with van der Waals surface area (Å²) in [6, 6.07) is 5.30. The Morgan fingerprint density at radius 3 is 1.92 bits per heavy atom. The lowest BCUT2D eigenvalue weighted by Gasteiger charge is -2.24. The van der Waals surface area contributed by atoms with Crippen LogP contribution in [0.15, 0.2) is 35.6 Å². The smallest absolute Gasteiger partial charge is 0.416 e. The van der Waals surface area contributed by atoms with E-state index in [0.29, 0.717) is 12.5 Å². The predicted molar refractivity (Wildman–Crippen MR) is 79.8 cm³/mol. The number of Topliss-reactive ketones (excluding diaryl/α,β-unsaturated/α-hetero) is 1. The van der Waals surface area contributed by atoms with Crippen molar-refractivity contribution in [3.8, 4) is 6.07 Å². The first kappa shape index (κ1) is 20.6. The molecule has 136 valence electrons. The number of alkyl halides is 5. The maximum absolute atomic E-state index is 13.2. The van der Waals surface area contributed by atoms with Crippen LogP contribution in [-0.4, -0.2) is 16.8 Å². The van der Waals surface area contributed by atoms with Gasteiger partial charge >= 0.3 is 12.1 Å². The van der Waals surface area contributed by atoms with Crippen molar-refractivity contribution in [1.29, 1.82) is 5.26 Å². The second-order valence-electron chi connectivity index (χ2n) is 6.31. The fourth-order valence-electron chi connectivity index (χ4n) is 2.17. The van der Waals surface area contributed by atoms with E-state index in [0.717, 1.165) is 12.1 Å². The first-order valence-corrected chi connectivity index (χ1v) is 7.12. The maximum atomic E-state index is 13.2. The molecule has 0 saturated carbocycles. The van der Waals surface area contributed by atoms with Gasteiger partial charge in [0.05, 0.1) is 5.56 Å². The molecule has 8 heteroatoms. The molecule has 1 aromatic rings. The monoisotopic (exact) mass is 361 g/mol. The second kappa shape index (κ2) is 6.82. The third-order valence-corrected chi connectivity index (χ3v) is 3.53. The van der Waals surface area contributed by atoms with Crippen LogP contribution in [-0.2, 0) is 17.4 Å². The predicted octanol–water partition coefficient (Wildman–Crippen LogP) is 4.83. The van der Waals surface area contributed by atoms with Gasteiger partial charge in [-0.25, -0.2) is 0 Å². The molecule has 25 heavy (non-hydrogen) atoms. The summed E-state index contributed by atoms with van der Waals surface area (Å²) in [5.41, 5.74) is -2.96. The summed E-state index contributed by atoms with van der Waals surface area (Å²) in [6.07, 6.45) is -4.60. The van der Waals surface area contributed by atoms with Gasteiger partial charge in [-0.05, 0) is 24.1 Å². The summed E-state index contributed by atoms with van der Waals surface area (Å²) in [5, 5.41) is 18.4. The third-order valence-electron chi connectivity index (χ3n) is 3.53. The molecule has 1 N–H and O–H groups in total. The molecule has 0 amide bonds. The van der Waals surface area contributed by atoms with Crippen molar-refractivity contribution < 1.29 is 31.9 Å². The Morgan fingerprint density at radius 2 is 1.56 bits per heavy atom. The molecule has 0 aliphatic rings. The minimum atomic E-state index is -4.50. The molecule has 0 aliphatic carbocycles. The molecule has 0 radical (unpaired) electrons. The zero-order valence-corrected chi connectivity index (χ0v) is 13.7. The summed E-state index contributed by atoms with van der Waals surface area (Å²) in [7, 11) is 0. The van der Waals surface area contributed by atoms with E-state index in [-0.39, 0.29) is 6.42 Å². The average Bonchev–Trinajstić information content (AvgIpc) is 2.46. The van der Waals surface area contributed by atoms with Crippen LogP contribution in [0.4, 0.5) is 22.0 Å². The Morgan fingerprint density at radius 1 is 1.08 bits per heavy atom. The van der Waals surface area contributed by atoms with Crippen LogP contribution >= 0.6 is 0 Å². The number of allylic oxidation sites excluding steroid dienone is 2. The quantitative estimate of drug-likeness (QED) is 0.353. The number of ketones is 1. The third kappa shape index (κ3) is 5.02. The van der Waals surface area contributed by atoms with Crippen molar-refractivity contribution in [2.75, 3.05) is 0 Å². The van der Waals surface area contributed by atoms with E-state index < -0.39 is 40.2 Å². The first-order chi connectivity index (χ1) is 11.2. The van der Waals surface area contributed by atoms with Crippen molar-refractivity contribution >= 4 is 5.78 Å². The summed E-state index contributed by atoms with van der Waals surface area (Å²) in [5.74, 6) is -6.40. The van der Waals surface area contributed by atoms with Crippen molar-refractivity contribution in [1.82, 2.24) is 0 Å². The number of aliphatic hydroxyl groups is 1. The van der Waals surface area contributed by atoms with Gasteiger partial charge in [-0.1, -0.05) is 26.0 Å². The van der Waals surface area contributed by atoms with E-state index in [1.807, 2.05) is 0 Å². The Balaban J connectivity index is 3.13. The Labute approximate surface area is 141 Å². The van der Waals surface area contributed by atoms with Crippen LogP contribution in [0.3, 0.4) is 0 Å². The molecule has 1 aromatic carbocycles. The Bertz CT molecular complexity index is 719. The summed E-state index contributed by atoms with van der Waals surface area (Å²) in [6.45, 7) is 3.05. The molecule has 0 bridgehead atoms. The van der Waals surface area contributed by atoms with Gasteiger partial charge in [-0.15, -0.1) is 0 Å². The number of hydrogen-bond donors (Lipinski definition) is 1. The average molecular weight is 361 g/mol. The Kier molecular flexibility index (Phi) is 5.63. The van der Waals surface area contributed by atoms with Gasteiger partial charge in [0.2, 0.25) is 0 Å². The highest BCUT2D eigenvalue weighted by Crippen LogP contribution is 2.33. The topological polar surface area (TPSA) is 61.1 Å². The molecule has 0 atom stereocenters. The normalized spacial score (nSPS) is 13.9. The molecule has 0 fully saturated rings. The van der Waals surface area contributed by atoms with Crippen LogP contribution in [0, 0.1) is 16.7 Å². The molecule has 0 unspecified atom stereocenters. The molecule has 1 rings (SSSR count). The maximum Gasteiger partial charge on any atom is 0.416 e. The van der Waals surface area contributed by atoms with Crippen molar-refractivity contribution in [2.24, 2.45) is 5.41 Å². The van der Waals surface area contributed by atoms with Gasteiger partial charge in [0.1, 0.15) is 11.6 Å². The van der Waals surface area contributed by atoms with E-state index in [9.17, 15) is 31.9 Å². The van der Waals surface area contributed by atoms with Gasteiger partial charge < -0.3 is 5.11 Å². The molecular weight excluding hydrogens is 345 g/mol. The highest BCUT2D eigenvalue weighted by atomic mass is 19.4. The number of nitrogens with zero attached hydrogens (tertiary/aromatic N) is 1. The van der Waals surface area contributed by atoms with Crippen LogP contribution in [0.1, 0.15) is 31.9 Å². The van der Waals surface area contributed by atoms with Crippen LogP contribution in [0.25, 0.3) is 0 Å². The van der Waals surface area contributed by atoms with Crippen LogP contribution in [0.5, 0.6) is 0 Å². The van der Waals surface area contributed by atoms with Gasteiger partial charge in [0, 0.05) is 12.3 Å². The van der Waals surface area contributed by atoms with Gasteiger partial charge in [0.15, 0.2) is 11.5 Å². The summed E-state index contributed by atoms with van der Waals surface area (Å²) < 4.78 is 64.0. The van der Waals surface area contributed by atoms with E-state index in [1.54, 1.807) is 0 Å². The van der Waals surface area contributed by atoms with E-state index in [1.165, 1.54) is 32.0 Å². The number of benzene rings is 1. The highest BCUT2D eigenvalue weighted by molar-refractivity contribution is 6.03. The fraction of sp³-hybridized carbons (Fsp3) is 0.412. The van der Waals surface area contributed by atoms with Crippen LogP contribution in [0.2, 0.25) is 0 Å². The highest BCUT2D eigenvalue weighted by Gasteiger charge is 2.39. The lowest BCUT2D eigenvalue weighted by atomic mass is 9.78. The van der Waals surface area contributed by atoms with Crippen molar-refractivity contribution in [3.63, 3.8) is 0 Å². The summed E-state index contributed by atoms with van der Waals surface area (Å²) >= 11 is 0. The number of aliphatic hydroxyl groups excluding tert-OH is 1. The lowest BCUT2D eigenvalue weighted by Crippen LogP contribution is -2.30. The molecule has 3 nitrogen and oxygen atoms in total. The molecular formula is C17H16F5NO2. The van der Waals surface area contributed by atoms with Gasteiger partial charge in [-0.3, -0.25) is 4.79 Å².